The summed E-state index contributed by atoms with van der Waals surface area (Å²) >= 11 is 1.40. The Balaban J connectivity index is 2.39. The molecule has 1 aromatic carbocycles. The molecule has 5 heteroatoms. The van der Waals surface area contributed by atoms with Gasteiger partial charge in [0.05, 0.1) is 24.6 Å². The zero-order valence-electron chi connectivity index (χ0n) is 9.33. The van der Waals surface area contributed by atoms with Crippen LogP contribution in [0, 0.1) is 11.3 Å². The summed E-state index contributed by atoms with van der Waals surface area (Å²) in [4.78, 5) is 4.22. The van der Waals surface area contributed by atoms with Crippen molar-refractivity contribution in [1.29, 1.82) is 5.26 Å². The van der Waals surface area contributed by atoms with Gasteiger partial charge in [0.25, 0.3) is 0 Å². The molecule has 1 heterocycles. The van der Waals surface area contributed by atoms with Crippen LogP contribution < -0.4 is 4.74 Å². The van der Waals surface area contributed by atoms with Crippen molar-refractivity contribution in [2.75, 3.05) is 12.9 Å². The van der Waals surface area contributed by atoms with E-state index < -0.39 is 0 Å². The van der Waals surface area contributed by atoms with Crippen molar-refractivity contribution < 1.29 is 4.74 Å². The lowest BCUT2D eigenvalue weighted by Gasteiger charge is -2.10. The van der Waals surface area contributed by atoms with Crippen LogP contribution in [0.25, 0.3) is 5.69 Å². The molecule has 0 fully saturated rings. The van der Waals surface area contributed by atoms with Gasteiger partial charge < -0.3 is 4.74 Å². The van der Waals surface area contributed by atoms with Crippen LogP contribution in [0.4, 0.5) is 0 Å². The summed E-state index contributed by atoms with van der Waals surface area (Å²) in [6.45, 7) is 0. The summed E-state index contributed by atoms with van der Waals surface area (Å²) in [6.07, 6.45) is 3.57. The molecule has 0 aliphatic rings. The van der Waals surface area contributed by atoms with Gasteiger partial charge in [0.1, 0.15) is 5.75 Å². The van der Waals surface area contributed by atoms with Crippen molar-refractivity contribution in [2.45, 2.75) is 5.16 Å². The van der Waals surface area contributed by atoms with Gasteiger partial charge in [-0.1, -0.05) is 23.9 Å². The summed E-state index contributed by atoms with van der Waals surface area (Å²) in [5.74, 6) is 1.16. The third kappa shape index (κ3) is 2.43. The highest BCUT2D eigenvalue weighted by Crippen LogP contribution is 2.26. The maximum Gasteiger partial charge on any atom is 0.173 e. The second-order valence-corrected chi connectivity index (χ2v) is 4.14. The molecule has 0 aliphatic heterocycles. The molecule has 17 heavy (non-hydrogen) atoms. The number of rotatable bonds is 4. The number of imidazole rings is 1. The monoisotopic (exact) mass is 245 g/mol. The van der Waals surface area contributed by atoms with Crippen LogP contribution in [0.5, 0.6) is 5.75 Å². The van der Waals surface area contributed by atoms with E-state index >= 15 is 0 Å². The Morgan fingerprint density at radius 1 is 1.47 bits per heavy atom. The zero-order chi connectivity index (χ0) is 12.1. The Labute approximate surface area is 104 Å². The lowest BCUT2D eigenvalue weighted by atomic mass is 10.3. The van der Waals surface area contributed by atoms with Crippen molar-refractivity contribution in [3.63, 3.8) is 0 Å². The van der Waals surface area contributed by atoms with E-state index in [2.05, 4.69) is 11.1 Å². The highest BCUT2D eigenvalue weighted by molar-refractivity contribution is 7.99. The number of hydrogen-bond acceptors (Lipinski definition) is 4. The van der Waals surface area contributed by atoms with Crippen LogP contribution in [-0.4, -0.2) is 22.4 Å². The van der Waals surface area contributed by atoms with E-state index in [4.69, 9.17) is 10.00 Å². The highest BCUT2D eigenvalue weighted by atomic mass is 32.2. The average molecular weight is 245 g/mol. The molecule has 0 saturated heterocycles. The molecule has 2 rings (SSSR count). The minimum absolute atomic E-state index is 0.381. The van der Waals surface area contributed by atoms with Crippen molar-refractivity contribution in [3.8, 4) is 17.5 Å². The lowest BCUT2D eigenvalue weighted by Crippen LogP contribution is -1.98. The van der Waals surface area contributed by atoms with E-state index in [9.17, 15) is 0 Å². The number of methoxy groups -OCH3 is 1. The number of hydrogen-bond donors (Lipinski definition) is 0. The maximum absolute atomic E-state index is 8.59. The molecule has 0 bridgehead atoms. The van der Waals surface area contributed by atoms with Gasteiger partial charge in [-0.2, -0.15) is 5.26 Å². The number of nitrogens with zero attached hydrogens (tertiary/aromatic N) is 3. The smallest absolute Gasteiger partial charge is 0.173 e. The quantitative estimate of drug-likeness (QED) is 0.776. The van der Waals surface area contributed by atoms with Gasteiger partial charge in [0.2, 0.25) is 0 Å². The minimum Gasteiger partial charge on any atom is -0.495 e. The van der Waals surface area contributed by atoms with E-state index in [0.29, 0.717) is 5.75 Å². The fraction of sp³-hybridized carbons (Fsp3) is 0.167. The Hall–Kier alpha value is -1.93. The van der Waals surface area contributed by atoms with Crippen LogP contribution in [-0.2, 0) is 0 Å². The fourth-order valence-electron chi connectivity index (χ4n) is 1.51. The van der Waals surface area contributed by atoms with E-state index in [1.165, 1.54) is 11.8 Å². The van der Waals surface area contributed by atoms with Gasteiger partial charge in [0, 0.05) is 12.4 Å². The van der Waals surface area contributed by atoms with Crippen LogP contribution in [0.15, 0.2) is 41.8 Å². The summed E-state index contributed by atoms with van der Waals surface area (Å²) in [7, 11) is 1.64. The molecule has 0 saturated carbocycles. The van der Waals surface area contributed by atoms with Crippen LogP contribution >= 0.6 is 11.8 Å². The Kier molecular flexibility index (Phi) is 3.68. The van der Waals surface area contributed by atoms with Crippen molar-refractivity contribution >= 4 is 11.8 Å². The molecular formula is C12H11N3OS. The summed E-state index contributed by atoms with van der Waals surface area (Å²) in [5, 5.41) is 9.38. The Bertz CT molecular complexity index is 545. The molecule has 0 N–H and O–H groups in total. The molecular weight excluding hydrogens is 234 g/mol. The predicted octanol–water partition coefficient (Wildman–Crippen LogP) is 2.50. The molecule has 86 valence electrons. The van der Waals surface area contributed by atoms with Gasteiger partial charge >= 0.3 is 0 Å². The van der Waals surface area contributed by atoms with Crippen LogP contribution in [0.1, 0.15) is 0 Å². The molecule has 0 amide bonds. The van der Waals surface area contributed by atoms with E-state index in [1.54, 1.807) is 13.3 Å². The average Bonchev–Trinajstić information content (AvgIpc) is 2.84. The maximum atomic E-state index is 8.59. The SMILES string of the molecule is COc1ccccc1-n1ccnc1SCC#N. The van der Waals surface area contributed by atoms with Crippen LogP contribution in [0.2, 0.25) is 0 Å². The van der Waals surface area contributed by atoms with Gasteiger partial charge in [-0.05, 0) is 12.1 Å². The first-order chi connectivity index (χ1) is 8.36. The number of nitriles is 1. The first-order valence-corrected chi connectivity index (χ1v) is 6.02. The molecule has 0 unspecified atom stereocenters. The molecule has 0 spiro atoms. The summed E-state index contributed by atoms with van der Waals surface area (Å²) in [6, 6.07) is 9.80. The zero-order valence-corrected chi connectivity index (χ0v) is 10.1. The number of ether oxygens (including phenoxy) is 1. The van der Waals surface area contributed by atoms with Gasteiger partial charge in [-0.3, -0.25) is 4.57 Å². The van der Waals surface area contributed by atoms with E-state index in [0.717, 1.165) is 16.6 Å². The molecule has 0 aliphatic carbocycles. The summed E-state index contributed by atoms with van der Waals surface area (Å²) < 4.78 is 7.22. The molecule has 0 atom stereocenters. The predicted molar refractivity (Wildman–Crippen MR) is 66.5 cm³/mol. The van der Waals surface area contributed by atoms with Crippen LogP contribution in [0.3, 0.4) is 0 Å². The Morgan fingerprint density at radius 3 is 3.06 bits per heavy atom. The van der Waals surface area contributed by atoms with E-state index in [-0.39, 0.29) is 0 Å². The Morgan fingerprint density at radius 2 is 2.29 bits per heavy atom. The van der Waals surface area contributed by atoms with Gasteiger partial charge in [0.15, 0.2) is 5.16 Å². The standard InChI is InChI=1S/C12H11N3OS/c1-16-11-5-3-2-4-10(11)15-8-7-14-12(15)17-9-6-13/h2-5,7-8H,9H2,1H3. The van der Waals surface area contributed by atoms with Crippen molar-refractivity contribution in [3.05, 3.63) is 36.7 Å². The number of thioether (sulfide) groups is 1. The molecule has 4 nitrogen and oxygen atoms in total. The highest BCUT2D eigenvalue weighted by Gasteiger charge is 2.09. The first kappa shape index (κ1) is 11.6. The van der Waals surface area contributed by atoms with Gasteiger partial charge in [-0.25, -0.2) is 4.98 Å². The number of aromatic nitrogens is 2. The third-order valence-corrected chi connectivity index (χ3v) is 3.05. The largest absolute Gasteiger partial charge is 0.495 e. The second kappa shape index (κ2) is 5.41. The van der Waals surface area contributed by atoms with Crippen molar-refractivity contribution in [1.82, 2.24) is 9.55 Å². The molecule has 1 aromatic heterocycles. The minimum atomic E-state index is 0.381. The lowest BCUT2D eigenvalue weighted by molar-refractivity contribution is 0.412. The van der Waals surface area contributed by atoms with Crippen molar-refractivity contribution in [2.24, 2.45) is 0 Å². The fourth-order valence-corrected chi connectivity index (χ4v) is 2.13. The second-order valence-electron chi connectivity index (χ2n) is 3.20. The number of para-hydroxylation sites is 2. The molecule has 2 aromatic rings. The van der Waals surface area contributed by atoms with Gasteiger partial charge in [-0.15, -0.1) is 0 Å². The normalized spacial score (nSPS) is 9.88. The number of benzene rings is 1. The topological polar surface area (TPSA) is 50.8 Å². The summed E-state index contributed by atoms with van der Waals surface area (Å²) in [5.41, 5.74) is 0.924. The molecule has 0 radical (unpaired) electrons. The van der Waals surface area contributed by atoms with E-state index in [1.807, 2.05) is 35.0 Å². The third-order valence-electron chi connectivity index (χ3n) is 2.22. The first-order valence-electron chi connectivity index (χ1n) is 5.03.